The Morgan fingerprint density at radius 3 is 2.45 bits per heavy atom. The van der Waals surface area contributed by atoms with Crippen molar-refractivity contribution in [2.75, 3.05) is 31.5 Å². The van der Waals surface area contributed by atoms with Gasteiger partial charge < -0.3 is 19.5 Å². The van der Waals surface area contributed by atoms with Crippen molar-refractivity contribution in [3.8, 4) is 17.2 Å². The van der Waals surface area contributed by atoms with E-state index in [2.05, 4.69) is 9.62 Å². The van der Waals surface area contributed by atoms with Crippen LogP contribution >= 0.6 is 11.3 Å². The molecular formula is C33H37N3O6S2. The Bertz CT molecular complexity index is 1650. The number of hydrogen-bond donors (Lipinski definition) is 2. The summed E-state index contributed by atoms with van der Waals surface area (Å²) in [5.74, 6) is 1.24. The summed E-state index contributed by atoms with van der Waals surface area (Å²) in [6, 6.07) is 25.2. The van der Waals surface area contributed by atoms with Crippen molar-refractivity contribution in [2.45, 2.75) is 36.7 Å². The highest BCUT2D eigenvalue weighted by atomic mass is 32.2. The van der Waals surface area contributed by atoms with Crippen LogP contribution in [-0.2, 0) is 16.6 Å². The van der Waals surface area contributed by atoms with Gasteiger partial charge in [0.05, 0.1) is 23.9 Å². The number of nitrogens with zero attached hydrogens (tertiary/aromatic N) is 2. The minimum absolute atomic E-state index is 0.132. The van der Waals surface area contributed by atoms with Crippen molar-refractivity contribution in [3.05, 3.63) is 101 Å². The number of anilines is 1. The molecule has 0 saturated heterocycles. The number of ether oxygens (including phenoxy) is 2. The predicted molar refractivity (Wildman–Crippen MR) is 172 cm³/mol. The molecule has 0 spiro atoms. The predicted octanol–water partition coefficient (Wildman–Crippen LogP) is 5.69. The Labute approximate surface area is 262 Å². The number of hydrogen-bond acceptors (Lipinski definition) is 8. The second-order valence-corrected chi connectivity index (χ2v) is 14.0. The number of benzene rings is 3. The van der Waals surface area contributed by atoms with Gasteiger partial charge in [-0.1, -0.05) is 49.4 Å². The van der Waals surface area contributed by atoms with E-state index in [1.54, 1.807) is 41.5 Å². The molecule has 3 aromatic carbocycles. The first-order chi connectivity index (χ1) is 21.1. The average molecular weight is 636 g/mol. The highest BCUT2D eigenvalue weighted by Gasteiger charge is 2.35. The van der Waals surface area contributed by atoms with Gasteiger partial charge in [-0.15, -0.1) is 11.3 Å². The van der Waals surface area contributed by atoms with Gasteiger partial charge >= 0.3 is 0 Å². The Morgan fingerprint density at radius 2 is 1.77 bits per heavy atom. The number of nitrogens with one attached hydrogen (secondary N) is 1. The number of thiophene rings is 1. The van der Waals surface area contributed by atoms with E-state index >= 15 is 0 Å². The first-order valence-electron chi connectivity index (χ1n) is 14.4. The number of likely N-dealkylation sites (N-methyl/N-ethyl adjacent to an activating group) is 1. The molecule has 4 aromatic rings. The summed E-state index contributed by atoms with van der Waals surface area (Å²) in [7, 11) is -1.90. The van der Waals surface area contributed by atoms with E-state index in [0.717, 1.165) is 28.4 Å². The van der Waals surface area contributed by atoms with Crippen LogP contribution in [0.1, 0.15) is 29.8 Å². The first kappa shape index (κ1) is 31.5. The summed E-state index contributed by atoms with van der Waals surface area (Å²) in [6.45, 7) is 5.10. The van der Waals surface area contributed by atoms with Crippen molar-refractivity contribution in [1.82, 2.24) is 9.80 Å². The van der Waals surface area contributed by atoms with Gasteiger partial charge in [0.1, 0.15) is 21.8 Å². The second kappa shape index (κ2) is 13.8. The van der Waals surface area contributed by atoms with Crippen LogP contribution in [0.25, 0.3) is 0 Å². The van der Waals surface area contributed by atoms with Crippen LogP contribution in [-0.4, -0.2) is 68.1 Å². The third-order valence-electron chi connectivity index (χ3n) is 7.54. The molecule has 0 radical (unpaired) electrons. The molecule has 9 nitrogen and oxygen atoms in total. The van der Waals surface area contributed by atoms with E-state index in [9.17, 15) is 18.3 Å². The molecule has 1 aliphatic rings. The van der Waals surface area contributed by atoms with E-state index in [1.807, 2.05) is 68.6 Å². The molecule has 2 N–H and O–H groups in total. The van der Waals surface area contributed by atoms with E-state index < -0.39 is 22.2 Å². The number of para-hydroxylation sites is 2. The van der Waals surface area contributed by atoms with Gasteiger partial charge in [-0.05, 0) is 67.4 Å². The fourth-order valence-corrected chi connectivity index (χ4v) is 7.18. The Morgan fingerprint density at radius 1 is 1.05 bits per heavy atom. The fraction of sp³-hybridized carbons (Fsp3) is 0.303. The summed E-state index contributed by atoms with van der Waals surface area (Å²) in [4.78, 5) is 17.5. The standard InChI is InChI=1S/C33H37N3O6S2/c1-23-19-36(24(2)22-37)33(38)28-11-7-12-29(34-44(39,40)31-13-8-18-43-31)32(28)42-30(23)21-35(3)20-25-14-16-27(17-15-25)41-26-9-5-4-6-10-26/h4-18,23-24,30,34,37H,19-22H2,1-3H3/t23-,24+,30-/m1/s1. The zero-order valence-corrected chi connectivity index (χ0v) is 26.6. The van der Waals surface area contributed by atoms with Crippen LogP contribution < -0.4 is 14.2 Å². The fourth-order valence-electron chi connectivity index (χ4n) is 5.12. The summed E-state index contributed by atoms with van der Waals surface area (Å²) in [5.41, 5.74) is 1.52. The summed E-state index contributed by atoms with van der Waals surface area (Å²) in [6.07, 6.45) is -0.395. The number of sulfonamides is 1. The number of rotatable bonds is 11. The molecule has 5 rings (SSSR count). The van der Waals surface area contributed by atoms with Crippen LogP contribution in [0.2, 0.25) is 0 Å². The van der Waals surface area contributed by atoms with Crippen molar-refractivity contribution in [2.24, 2.45) is 5.92 Å². The summed E-state index contributed by atoms with van der Waals surface area (Å²) in [5, 5.41) is 11.6. The van der Waals surface area contributed by atoms with Crippen molar-refractivity contribution in [3.63, 3.8) is 0 Å². The highest BCUT2D eigenvalue weighted by Crippen LogP contribution is 2.36. The molecule has 0 unspecified atom stereocenters. The third kappa shape index (κ3) is 7.41. The maximum Gasteiger partial charge on any atom is 0.271 e. The third-order valence-corrected chi connectivity index (χ3v) is 10.3. The minimum atomic E-state index is -3.89. The highest BCUT2D eigenvalue weighted by molar-refractivity contribution is 7.94. The molecule has 2 heterocycles. The monoisotopic (exact) mass is 635 g/mol. The topological polar surface area (TPSA) is 108 Å². The largest absolute Gasteiger partial charge is 0.486 e. The average Bonchev–Trinajstić information content (AvgIpc) is 3.57. The Hall–Kier alpha value is -3.90. The van der Waals surface area contributed by atoms with Gasteiger partial charge in [0.15, 0.2) is 5.75 Å². The summed E-state index contributed by atoms with van der Waals surface area (Å²) < 4.78 is 41.6. The zero-order chi connectivity index (χ0) is 31.3. The van der Waals surface area contributed by atoms with Crippen LogP contribution in [0.4, 0.5) is 5.69 Å². The lowest BCUT2D eigenvalue weighted by molar-refractivity contribution is 0.0344. The smallest absolute Gasteiger partial charge is 0.271 e. The van der Waals surface area contributed by atoms with Gasteiger partial charge in [-0.25, -0.2) is 8.42 Å². The maximum absolute atomic E-state index is 13.7. The number of fused-ring (bicyclic) bond motifs is 1. The first-order valence-corrected chi connectivity index (χ1v) is 16.8. The molecule has 232 valence electrons. The van der Waals surface area contributed by atoms with Crippen LogP contribution in [0.15, 0.2) is 94.5 Å². The minimum Gasteiger partial charge on any atom is -0.486 e. The lowest BCUT2D eigenvalue weighted by atomic mass is 9.99. The normalized spacial score (nSPS) is 17.8. The van der Waals surface area contributed by atoms with E-state index in [-0.39, 0.29) is 39.6 Å². The number of carbonyl (C=O) groups excluding carboxylic acids is 1. The molecule has 1 aromatic heterocycles. The Balaban J connectivity index is 1.38. The van der Waals surface area contributed by atoms with E-state index in [1.165, 1.54) is 6.07 Å². The van der Waals surface area contributed by atoms with Gasteiger partial charge in [-0.2, -0.15) is 0 Å². The van der Waals surface area contributed by atoms with Crippen molar-refractivity contribution in [1.29, 1.82) is 0 Å². The van der Waals surface area contributed by atoms with Gasteiger partial charge in [0.25, 0.3) is 15.9 Å². The lowest BCUT2D eigenvalue weighted by Crippen LogP contribution is -2.49. The zero-order valence-electron chi connectivity index (χ0n) is 24.9. The molecule has 0 aliphatic carbocycles. The van der Waals surface area contributed by atoms with Crippen LogP contribution in [0.3, 0.4) is 0 Å². The number of aliphatic hydroxyl groups is 1. The molecule has 11 heteroatoms. The van der Waals surface area contributed by atoms with Crippen LogP contribution in [0.5, 0.6) is 17.2 Å². The van der Waals surface area contributed by atoms with Gasteiger partial charge in [-0.3, -0.25) is 14.4 Å². The maximum atomic E-state index is 13.7. The van der Waals surface area contributed by atoms with Crippen molar-refractivity contribution >= 4 is 33.0 Å². The lowest BCUT2D eigenvalue weighted by Gasteiger charge is -2.38. The molecule has 0 fully saturated rings. The molecule has 44 heavy (non-hydrogen) atoms. The molecule has 0 bridgehead atoms. The number of aliphatic hydroxyl groups excluding tert-OH is 1. The van der Waals surface area contributed by atoms with E-state index in [4.69, 9.17) is 9.47 Å². The van der Waals surface area contributed by atoms with Gasteiger partial charge in [0.2, 0.25) is 0 Å². The Kier molecular flexibility index (Phi) is 9.90. The SMILES string of the molecule is C[C@@H]1CN([C@@H](C)CO)C(=O)c2cccc(NS(=O)(=O)c3cccs3)c2O[C@@H]1CN(C)Cc1ccc(Oc2ccccc2)cc1. The number of carbonyl (C=O) groups is 1. The molecule has 1 amide bonds. The van der Waals surface area contributed by atoms with Gasteiger partial charge in [0, 0.05) is 25.6 Å². The molecule has 3 atom stereocenters. The molecule has 0 saturated carbocycles. The van der Waals surface area contributed by atoms with Crippen LogP contribution in [0, 0.1) is 5.92 Å². The van der Waals surface area contributed by atoms with Crippen molar-refractivity contribution < 1.29 is 27.8 Å². The number of amides is 1. The molecule has 1 aliphatic heterocycles. The summed E-state index contributed by atoms with van der Waals surface area (Å²) >= 11 is 1.10. The molecular weight excluding hydrogens is 599 g/mol. The second-order valence-electron chi connectivity index (χ2n) is 11.1. The quantitative estimate of drug-likeness (QED) is 0.218. The van der Waals surface area contributed by atoms with E-state index in [0.29, 0.717) is 19.6 Å².